The summed E-state index contributed by atoms with van der Waals surface area (Å²) in [5.41, 5.74) is 11.7. The van der Waals surface area contributed by atoms with Gasteiger partial charge in [-0.15, -0.1) is 10.2 Å². The number of rotatable bonds is 3. The van der Waals surface area contributed by atoms with Crippen molar-refractivity contribution in [2.45, 2.75) is 0 Å². The van der Waals surface area contributed by atoms with Crippen molar-refractivity contribution in [2.75, 3.05) is 18.6 Å². The van der Waals surface area contributed by atoms with Crippen molar-refractivity contribution in [3.8, 4) is 5.75 Å². The van der Waals surface area contributed by atoms with Crippen molar-refractivity contribution in [3.05, 3.63) is 30.5 Å². The van der Waals surface area contributed by atoms with E-state index in [-0.39, 0.29) is 17.5 Å². The van der Waals surface area contributed by atoms with E-state index in [2.05, 4.69) is 20.2 Å². The highest BCUT2D eigenvalue weighted by Gasteiger charge is 2.01. The average molecular weight is 244 g/mol. The third-order valence-electron chi connectivity index (χ3n) is 2.13. The van der Waals surface area contributed by atoms with Gasteiger partial charge in [0.25, 0.3) is 0 Å². The predicted octanol–water partition coefficient (Wildman–Crippen LogP) is 2.06. The summed E-state index contributed by atoms with van der Waals surface area (Å²) in [7, 11) is 1.60. The molecule has 0 saturated carbocycles. The number of anilines is 2. The zero-order chi connectivity index (χ0) is 13.0. The van der Waals surface area contributed by atoms with Gasteiger partial charge in [0.1, 0.15) is 11.6 Å². The first-order chi connectivity index (χ1) is 8.69. The lowest BCUT2D eigenvalue weighted by atomic mass is 10.3. The molecule has 2 aromatic rings. The molecule has 0 bridgehead atoms. The number of nitrogens with zero attached hydrogens (tertiary/aromatic N) is 4. The lowest BCUT2D eigenvalue weighted by Gasteiger charge is -1.99. The van der Waals surface area contributed by atoms with Crippen molar-refractivity contribution in [3.63, 3.8) is 0 Å². The summed E-state index contributed by atoms with van der Waals surface area (Å²) in [6, 6.07) is 7.10. The number of nitrogen functional groups attached to an aromatic ring is 2. The number of benzene rings is 1. The van der Waals surface area contributed by atoms with E-state index in [9.17, 15) is 0 Å². The highest BCUT2D eigenvalue weighted by molar-refractivity contribution is 5.54. The molecule has 4 N–H and O–H groups in total. The van der Waals surface area contributed by atoms with E-state index >= 15 is 0 Å². The lowest BCUT2D eigenvalue weighted by Crippen LogP contribution is -1.97. The molecule has 0 aliphatic carbocycles. The Morgan fingerprint density at radius 2 is 1.83 bits per heavy atom. The molecule has 1 aromatic carbocycles. The van der Waals surface area contributed by atoms with E-state index in [4.69, 9.17) is 16.2 Å². The SMILES string of the molecule is COc1ccc(N=Nc2ncc(N)nc2N)cc1. The lowest BCUT2D eigenvalue weighted by molar-refractivity contribution is 0.415. The number of aromatic nitrogens is 2. The van der Waals surface area contributed by atoms with Crippen LogP contribution in [-0.4, -0.2) is 17.1 Å². The summed E-state index contributed by atoms with van der Waals surface area (Å²) in [4.78, 5) is 7.76. The van der Waals surface area contributed by atoms with Crippen LogP contribution in [0.25, 0.3) is 0 Å². The van der Waals surface area contributed by atoms with Crippen molar-refractivity contribution in [2.24, 2.45) is 10.2 Å². The van der Waals surface area contributed by atoms with Crippen LogP contribution in [0, 0.1) is 0 Å². The van der Waals surface area contributed by atoms with Crippen LogP contribution in [0.2, 0.25) is 0 Å². The Hall–Kier alpha value is -2.70. The Kier molecular flexibility index (Phi) is 3.33. The summed E-state index contributed by atoms with van der Waals surface area (Å²) < 4.78 is 5.04. The molecule has 0 saturated heterocycles. The van der Waals surface area contributed by atoms with Crippen LogP contribution in [-0.2, 0) is 0 Å². The molecule has 18 heavy (non-hydrogen) atoms. The summed E-state index contributed by atoms with van der Waals surface area (Å²) in [5, 5.41) is 7.89. The van der Waals surface area contributed by atoms with Crippen molar-refractivity contribution >= 4 is 23.1 Å². The van der Waals surface area contributed by atoms with Gasteiger partial charge in [0.2, 0.25) is 5.82 Å². The maximum Gasteiger partial charge on any atom is 0.217 e. The van der Waals surface area contributed by atoms with E-state index in [1.54, 1.807) is 31.4 Å². The topological polar surface area (TPSA) is 112 Å². The largest absolute Gasteiger partial charge is 0.497 e. The molecule has 2 rings (SSSR count). The molecule has 0 spiro atoms. The van der Waals surface area contributed by atoms with Gasteiger partial charge >= 0.3 is 0 Å². The molecular formula is C11H12N6O. The Balaban J connectivity index is 2.19. The number of azo groups is 1. The van der Waals surface area contributed by atoms with Crippen LogP contribution >= 0.6 is 0 Å². The van der Waals surface area contributed by atoms with Crippen molar-refractivity contribution in [1.82, 2.24) is 9.97 Å². The molecule has 0 aliphatic heterocycles. The first kappa shape index (κ1) is 11.8. The molecule has 0 amide bonds. The van der Waals surface area contributed by atoms with Gasteiger partial charge in [-0.05, 0) is 24.3 Å². The highest BCUT2D eigenvalue weighted by Crippen LogP contribution is 2.22. The molecule has 1 aromatic heterocycles. The maximum absolute atomic E-state index is 5.60. The van der Waals surface area contributed by atoms with Crippen LogP contribution in [0.5, 0.6) is 5.75 Å². The molecule has 0 unspecified atom stereocenters. The molecule has 0 radical (unpaired) electrons. The number of hydrogen-bond acceptors (Lipinski definition) is 7. The molecule has 0 fully saturated rings. The predicted molar refractivity (Wildman–Crippen MR) is 68.0 cm³/mol. The minimum Gasteiger partial charge on any atom is -0.497 e. The summed E-state index contributed by atoms with van der Waals surface area (Å²) >= 11 is 0. The van der Waals surface area contributed by atoms with Gasteiger partial charge < -0.3 is 16.2 Å². The normalized spacial score (nSPS) is 10.7. The third-order valence-corrected chi connectivity index (χ3v) is 2.13. The second-order valence-corrected chi connectivity index (χ2v) is 3.40. The number of methoxy groups -OCH3 is 1. The van der Waals surface area contributed by atoms with Gasteiger partial charge in [0.15, 0.2) is 5.82 Å². The Bertz CT molecular complexity index is 566. The fourth-order valence-electron chi connectivity index (χ4n) is 1.24. The minimum atomic E-state index is 0.146. The molecule has 92 valence electrons. The van der Waals surface area contributed by atoms with Gasteiger partial charge in [-0.1, -0.05) is 0 Å². The summed E-state index contributed by atoms with van der Waals surface area (Å²) in [6.45, 7) is 0. The van der Waals surface area contributed by atoms with Crippen LogP contribution in [0.3, 0.4) is 0 Å². The third kappa shape index (κ3) is 2.70. The zero-order valence-electron chi connectivity index (χ0n) is 9.74. The van der Waals surface area contributed by atoms with Crippen LogP contribution in [0.15, 0.2) is 40.7 Å². The Morgan fingerprint density at radius 1 is 1.11 bits per heavy atom. The maximum atomic E-state index is 5.60. The quantitative estimate of drug-likeness (QED) is 0.802. The minimum absolute atomic E-state index is 0.146. The van der Waals surface area contributed by atoms with Gasteiger partial charge in [-0.2, -0.15) is 0 Å². The average Bonchev–Trinajstić information content (AvgIpc) is 2.38. The smallest absolute Gasteiger partial charge is 0.217 e. The second-order valence-electron chi connectivity index (χ2n) is 3.40. The molecule has 1 heterocycles. The summed E-state index contributed by atoms with van der Waals surface area (Å²) in [6.07, 6.45) is 1.37. The first-order valence-corrected chi connectivity index (χ1v) is 5.13. The van der Waals surface area contributed by atoms with Gasteiger partial charge in [0.05, 0.1) is 19.0 Å². The molecule has 0 atom stereocenters. The van der Waals surface area contributed by atoms with Crippen LogP contribution < -0.4 is 16.2 Å². The number of hydrogen-bond donors (Lipinski definition) is 2. The molecular weight excluding hydrogens is 232 g/mol. The van der Waals surface area contributed by atoms with Gasteiger partial charge in [0, 0.05) is 0 Å². The fourth-order valence-corrected chi connectivity index (χ4v) is 1.24. The van der Waals surface area contributed by atoms with Crippen molar-refractivity contribution in [1.29, 1.82) is 0 Å². The van der Waals surface area contributed by atoms with E-state index in [1.807, 2.05) is 0 Å². The van der Waals surface area contributed by atoms with Gasteiger partial charge in [-0.3, -0.25) is 0 Å². The standard InChI is InChI=1S/C11H12N6O/c1-18-8-4-2-7(3-5-8)16-17-11-10(13)15-9(12)6-14-11/h2-6H,1H3,(H4,12,13,15). The molecule has 0 aliphatic rings. The molecule has 7 heteroatoms. The van der Waals surface area contributed by atoms with Crippen molar-refractivity contribution < 1.29 is 4.74 Å². The van der Waals surface area contributed by atoms with E-state index < -0.39 is 0 Å². The fraction of sp³-hybridized carbons (Fsp3) is 0.0909. The van der Waals surface area contributed by atoms with E-state index in [0.717, 1.165) is 5.75 Å². The zero-order valence-corrected chi connectivity index (χ0v) is 9.74. The van der Waals surface area contributed by atoms with E-state index in [1.165, 1.54) is 6.20 Å². The Labute approximate surface area is 104 Å². The highest BCUT2D eigenvalue weighted by atomic mass is 16.5. The summed E-state index contributed by atoms with van der Waals surface area (Å²) in [5.74, 6) is 1.38. The number of ether oxygens (including phenoxy) is 1. The van der Waals surface area contributed by atoms with Gasteiger partial charge in [-0.25, -0.2) is 9.97 Å². The monoisotopic (exact) mass is 244 g/mol. The van der Waals surface area contributed by atoms with Crippen LogP contribution in [0.4, 0.5) is 23.1 Å². The van der Waals surface area contributed by atoms with E-state index in [0.29, 0.717) is 5.69 Å². The van der Waals surface area contributed by atoms with Crippen LogP contribution in [0.1, 0.15) is 0 Å². The first-order valence-electron chi connectivity index (χ1n) is 5.13. The Morgan fingerprint density at radius 3 is 2.44 bits per heavy atom. The molecule has 7 nitrogen and oxygen atoms in total. The number of nitrogens with two attached hydrogens (primary N) is 2. The second kappa shape index (κ2) is 5.09.